The molecule has 0 bridgehead atoms. The molecule has 0 fully saturated rings. The summed E-state index contributed by atoms with van der Waals surface area (Å²) in [6.45, 7) is 1.91. The number of hydrogen-bond donors (Lipinski definition) is 2. The summed E-state index contributed by atoms with van der Waals surface area (Å²) in [7, 11) is 1.83. The number of aromatic amines is 1. The Bertz CT molecular complexity index is 1240. The number of aryl methyl sites for hydroxylation is 2. The van der Waals surface area contributed by atoms with E-state index in [9.17, 15) is 4.79 Å². The van der Waals surface area contributed by atoms with Gasteiger partial charge >= 0.3 is 0 Å². The highest BCUT2D eigenvalue weighted by Gasteiger charge is 2.14. The predicted octanol–water partition coefficient (Wildman–Crippen LogP) is 3.49. The summed E-state index contributed by atoms with van der Waals surface area (Å²) in [6, 6.07) is 9.03. The summed E-state index contributed by atoms with van der Waals surface area (Å²) < 4.78 is 3.70. The number of rotatable bonds is 4. The highest BCUT2D eigenvalue weighted by atomic mass is 35.5. The van der Waals surface area contributed by atoms with Crippen LogP contribution in [0.3, 0.4) is 0 Å². The van der Waals surface area contributed by atoms with E-state index in [0.29, 0.717) is 21.3 Å². The van der Waals surface area contributed by atoms with Gasteiger partial charge in [-0.05, 0) is 49.5 Å². The number of anilines is 1. The Hall–Kier alpha value is -3.04. The third kappa shape index (κ3) is 3.41. The van der Waals surface area contributed by atoms with E-state index in [1.54, 1.807) is 27.6 Å². The standard InChI is InChI=1S/C18H16ClN7OS/c1-10-14-7-13(8-20-17(14)25(2)24-10)21-15(27)9-26-16(22-23-18(26)28)11-3-5-12(19)6-4-11/h3-8H,9H2,1-2H3,(H,21,27)(H,23,28). The lowest BCUT2D eigenvalue weighted by atomic mass is 10.2. The molecule has 0 aliphatic rings. The van der Waals surface area contributed by atoms with Crippen LogP contribution in [-0.4, -0.2) is 35.4 Å². The second kappa shape index (κ2) is 7.17. The summed E-state index contributed by atoms with van der Waals surface area (Å²) >= 11 is 11.2. The number of hydrogen-bond acceptors (Lipinski definition) is 5. The quantitative estimate of drug-likeness (QED) is 0.499. The molecule has 4 rings (SSSR count). The van der Waals surface area contributed by atoms with Gasteiger partial charge in [-0.25, -0.2) is 4.98 Å². The number of halogens is 1. The number of aromatic nitrogens is 6. The van der Waals surface area contributed by atoms with Crippen molar-refractivity contribution in [2.24, 2.45) is 7.05 Å². The third-order valence-electron chi connectivity index (χ3n) is 4.31. The molecule has 142 valence electrons. The highest BCUT2D eigenvalue weighted by molar-refractivity contribution is 7.71. The van der Waals surface area contributed by atoms with Crippen LogP contribution < -0.4 is 5.32 Å². The molecule has 28 heavy (non-hydrogen) atoms. The lowest BCUT2D eigenvalue weighted by Crippen LogP contribution is -2.19. The van der Waals surface area contributed by atoms with Gasteiger partial charge in [0.2, 0.25) is 5.91 Å². The van der Waals surface area contributed by atoms with Gasteiger partial charge in [0.15, 0.2) is 16.2 Å². The Kier molecular flexibility index (Phi) is 4.70. The number of pyridine rings is 1. The Morgan fingerprint density at radius 3 is 2.82 bits per heavy atom. The number of nitrogens with one attached hydrogen (secondary N) is 2. The molecule has 1 amide bonds. The molecule has 3 heterocycles. The summed E-state index contributed by atoms with van der Waals surface area (Å²) in [5, 5.41) is 15.7. The number of benzene rings is 1. The zero-order valence-corrected chi connectivity index (χ0v) is 16.7. The van der Waals surface area contributed by atoms with E-state index in [0.717, 1.165) is 22.3 Å². The van der Waals surface area contributed by atoms with Gasteiger partial charge in [0, 0.05) is 23.0 Å². The van der Waals surface area contributed by atoms with E-state index < -0.39 is 0 Å². The van der Waals surface area contributed by atoms with Gasteiger partial charge in [0.05, 0.1) is 17.6 Å². The first-order valence-electron chi connectivity index (χ1n) is 8.43. The topological polar surface area (TPSA) is 93.4 Å². The number of H-pyrrole nitrogens is 1. The first kappa shape index (κ1) is 18.3. The molecule has 0 saturated heterocycles. The van der Waals surface area contributed by atoms with Crippen molar-refractivity contribution in [2.75, 3.05) is 5.32 Å². The molecule has 0 saturated carbocycles. The van der Waals surface area contributed by atoms with Crippen molar-refractivity contribution >= 4 is 46.4 Å². The zero-order valence-electron chi connectivity index (χ0n) is 15.1. The number of nitrogens with zero attached hydrogens (tertiary/aromatic N) is 5. The maximum Gasteiger partial charge on any atom is 0.244 e. The molecule has 0 atom stereocenters. The van der Waals surface area contributed by atoms with E-state index in [1.165, 1.54) is 0 Å². The fourth-order valence-corrected chi connectivity index (χ4v) is 3.33. The molecule has 1 aromatic carbocycles. The van der Waals surface area contributed by atoms with Gasteiger partial charge in [-0.1, -0.05) is 11.6 Å². The number of carbonyl (C=O) groups excluding carboxylic acids is 1. The summed E-state index contributed by atoms with van der Waals surface area (Å²) in [5.41, 5.74) is 3.01. The second-order valence-corrected chi connectivity index (χ2v) is 7.12. The molecule has 0 aliphatic carbocycles. The Labute approximate surface area is 170 Å². The van der Waals surface area contributed by atoms with Crippen molar-refractivity contribution in [2.45, 2.75) is 13.5 Å². The highest BCUT2D eigenvalue weighted by Crippen LogP contribution is 2.21. The van der Waals surface area contributed by atoms with Crippen molar-refractivity contribution in [3.8, 4) is 11.4 Å². The van der Waals surface area contributed by atoms with Crippen LogP contribution in [0.4, 0.5) is 5.69 Å². The molecule has 10 heteroatoms. The van der Waals surface area contributed by atoms with Crippen LogP contribution in [0.5, 0.6) is 0 Å². The minimum Gasteiger partial charge on any atom is -0.323 e. The van der Waals surface area contributed by atoms with Crippen molar-refractivity contribution in [3.05, 3.63) is 52.0 Å². The van der Waals surface area contributed by atoms with Gasteiger partial charge in [0.1, 0.15) is 6.54 Å². The molecule has 2 N–H and O–H groups in total. The Balaban J connectivity index is 1.58. The molecule has 4 aromatic rings. The first-order valence-corrected chi connectivity index (χ1v) is 9.21. The van der Waals surface area contributed by atoms with Crippen LogP contribution in [0.25, 0.3) is 22.4 Å². The van der Waals surface area contributed by atoms with E-state index in [2.05, 4.69) is 25.6 Å². The average molecular weight is 414 g/mol. The van der Waals surface area contributed by atoms with E-state index in [-0.39, 0.29) is 12.5 Å². The molecule has 0 radical (unpaired) electrons. The molecular weight excluding hydrogens is 398 g/mol. The fourth-order valence-electron chi connectivity index (χ4n) is 3.00. The maximum absolute atomic E-state index is 12.6. The largest absolute Gasteiger partial charge is 0.323 e. The third-order valence-corrected chi connectivity index (χ3v) is 4.87. The lowest BCUT2D eigenvalue weighted by molar-refractivity contribution is -0.116. The Morgan fingerprint density at radius 1 is 1.32 bits per heavy atom. The SMILES string of the molecule is Cc1nn(C)c2ncc(NC(=O)Cn3c(-c4ccc(Cl)cc4)n[nH]c3=S)cc12. The van der Waals surface area contributed by atoms with Gasteiger partial charge in [-0.3, -0.25) is 19.1 Å². The molecule has 0 unspecified atom stereocenters. The average Bonchev–Trinajstić information content (AvgIpc) is 3.16. The van der Waals surface area contributed by atoms with Gasteiger partial charge in [-0.2, -0.15) is 10.2 Å². The van der Waals surface area contributed by atoms with Crippen LogP contribution in [0.2, 0.25) is 5.02 Å². The van der Waals surface area contributed by atoms with Crippen LogP contribution in [0, 0.1) is 11.7 Å². The molecular formula is C18H16ClN7OS. The summed E-state index contributed by atoms with van der Waals surface area (Å²) in [5.74, 6) is 0.323. The van der Waals surface area contributed by atoms with E-state index in [4.69, 9.17) is 23.8 Å². The van der Waals surface area contributed by atoms with Gasteiger partial charge in [-0.15, -0.1) is 0 Å². The normalized spacial score (nSPS) is 11.1. The number of fused-ring (bicyclic) bond motifs is 1. The monoisotopic (exact) mass is 413 g/mol. The second-order valence-electron chi connectivity index (χ2n) is 6.30. The molecule has 8 nitrogen and oxygen atoms in total. The molecule has 3 aromatic heterocycles. The van der Waals surface area contributed by atoms with Crippen LogP contribution in [-0.2, 0) is 18.4 Å². The van der Waals surface area contributed by atoms with Crippen LogP contribution >= 0.6 is 23.8 Å². The van der Waals surface area contributed by atoms with E-state index >= 15 is 0 Å². The van der Waals surface area contributed by atoms with Crippen molar-refractivity contribution in [1.29, 1.82) is 0 Å². The van der Waals surface area contributed by atoms with Crippen molar-refractivity contribution in [3.63, 3.8) is 0 Å². The van der Waals surface area contributed by atoms with Crippen LogP contribution in [0.1, 0.15) is 5.69 Å². The first-order chi connectivity index (χ1) is 13.4. The number of carbonyl (C=O) groups is 1. The number of amides is 1. The maximum atomic E-state index is 12.6. The Morgan fingerprint density at radius 2 is 2.07 bits per heavy atom. The smallest absolute Gasteiger partial charge is 0.244 e. The summed E-state index contributed by atoms with van der Waals surface area (Å²) in [6.07, 6.45) is 1.61. The van der Waals surface area contributed by atoms with Gasteiger partial charge in [0.25, 0.3) is 0 Å². The van der Waals surface area contributed by atoms with E-state index in [1.807, 2.05) is 32.2 Å². The lowest BCUT2D eigenvalue weighted by Gasteiger charge is -2.08. The zero-order chi connectivity index (χ0) is 19.8. The summed E-state index contributed by atoms with van der Waals surface area (Å²) in [4.78, 5) is 17.0. The minimum atomic E-state index is -0.240. The fraction of sp³-hybridized carbons (Fsp3) is 0.167. The van der Waals surface area contributed by atoms with Crippen LogP contribution in [0.15, 0.2) is 36.5 Å². The van der Waals surface area contributed by atoms with Gasteiger partial charge < -0.3 is 5.32 Å². The van der Waals surface area contributed by atoms with Crippen molar-refractivity contribution < 1.29 is 4.79 Å². The van der Waals surface area contributed by atoms with Crippen molar-refractivity contribution in [1.82, 2.24) is 29.5 Å². The predicted molar refractivity (Wildman–Crippen MR) is 110 cm³/mol. The minimum absolute atomic E-state index is 0.0113. The molecule has 0 spiro atoms. The molecule has 0 aliphatic heterocycles.